The predicted molar refractivity (Wildman–Crippen MR) is 78.7 cm³/mol. The number of hydrogen-bond donors (Lipinski definition) is 2. The van der Waals surface area contributed by atoms with E-state index in [9.17, 15) is 22.8 Å². The summed E-state index contributed by atoms with van der Waals surface area (Å²) < 4.78 is 40.8. The van der Waals surface area contributed by atoms with E-state index in [0.29, 0.717) is 0 Å². The number of hydrogen-bond acceptors (Lipinski definition) is 5. The lowest BCUT2D eigenvalue weighted by Crippen LogP contribution is -2.34. The Morgan fingerprint density at radius 2 is 1.92 bits per heavy atom. The highest BCUT2D eigenvalue weighted by Crippen LogP contribution is 2.38. The molecule has 0 saturated carbocycles. The van der Waals surface area contributed by atoms with Crippen molar-refractivity contribution in [1.82, 2.24) is 4.90 Å². The number of halogens is 5. The van der Waals surface area contributed by atoms with Crippen molar-refractivity contribution in [2.45, 2.75) is 6.36 Å². The van der Waals surface area contributed by atoms with E-state index in [1.54, 1.807) is 0 Å². The minimum Gasteiger partial charge on any atom is -0.404 e. The Balaban J connectivity index is 2.26. The molecule has 2 amide bonds. The third kappa shape index (κ3) is 4.11. The van der Waals surface area contributed by atoms with Crippen molar-refractivity contribution in [2.75, 3.05) is 18.5 Å². The minimum atomic E-state index is -4.98. The Hall–Kier alpha value is -1.97. The number of amides is 2. The van der Waals surface area contributed by atoms with Gasteiger partial charge in [-0.25, -0.2) is 0 Å². The number of benzene rings is 1. The third-order valence-corrected chi connectivity index (χ3v) is 3.62. The number of aliphatic hydroxyl groups is 1. The van der Waals surface area contributed by atoms with Gasteiger partial charge in [-0.3, -0.25) is 14.5 Å². The van der Waals surface area contributed by atoms with Crippen LogP contribution >= 0.6 is 23.2 Å². The Bertz CT molecular complexity index is 722. The number of carbonyl (C=O) groups is 2. The van der Waals surface area contributed by atoms with Crippen LogP contribution in [0, 0.1) is 0 Å². The first-order valence-electron chi connectivity index (χ1n) is 6.32. The maximum atomic E-state index is 12.4. The molecular formula is C13H9Cl2F3N2O4. The van der Waals surface area contributed by atoms with Crippen molar-refractivity contribution in [3.63, 3.8) is 0 Å². The van der Waals surface area contributed by atoms with Crippen LogP contribution in [0.3, 0.4) is 0 Å². The summed E-state index contributed by atoms with van der Waals surface area (Å²) in [5, 5.41) is 10.6. The first kappa shape index (κ1) is 18.4. The topological polar surface area (TPSA) is 78.9 Å². The van der Waals surface area contributed by atoms with Gasteiger partial charge in [0.05, 0.1) is 18.2 Å². The number of imide groups is 1. The Kier molecular flexibility index (Phi) is 5.26. The molecule has 0 unspecified atom stereocenters. The fraction of sp³-hybridized carbons (Fsp3) is 0.231. The number of ether oxygens (including phenoxy) is 1. The van der Waals surface area contributed by atoms with Crippen LogP contribution in [-0.4, -0.2) is 41.3 Å². The summed E-state index contributed by atoms with van der Waals surface area (Å²) >= 11 is 11.4. The molecule has 24 heavy (non-hydrogen) atoms. The Morgan fingerprint density at radius 1 is 1.25 bits per heavy atom. The van der Waals surface area contributed by atoms with E-state index in [2.05, 4.69) is 10.1 Å². The molecule has 0 fully saturated rings. The van der Waals surface area contributed by atoms with Gasteiger partial charge in [0, 0.05) is 17.8 Å². The van der Waals surface area contributed by atoms with Gasteiger partial charge < -0.3 is 15.2 Å². The Morgan fingerprint density at radius 3 is 2.50 bits per heavy atom. The van der Waals surface area contributed by atoms with Gasteiger partial charge in [0.15, 0.2) is 5.75 Å². The van der Waals surface area contributed by atoms with Gasteiger partial charge in [-0.2, -0.15) is 0 Å². The Labute approximate surface area is 143 Å². The molecule has 0 bridgehead atoms. The highest BCUT2D eigenvalue weighted by atomic mass is 35.5. The van der Waals surface area contributed by atoms with E-state index in [0.717, 1.165) is 17.0 Å². The van der Waals surface area contributed by atoms with Crippen LogP contribution < -0.4 is 10.1 Å². The molecular weight excluding hydrogens is 376 g/mol. The number of alkyl halides is 3. The molecule has 0 radical (unpaired) electrons. The summed E-state index contributed by atoms with van der Waals surface area (Å²) in [4.78, 5) is 24.3. The zero-order valence-electron chi connectivity index (χ0n) is 11.7. The molecule has 2 rings (SSSR count). The average molecular weight is 385 g/mol. The number of nitrogens with zero attached hydrogens (tertiary/aromatic N) is 1. The maximum absolute atomic E-state index is 12.4. The van der Waals surface area contributed by atoms with Gasteiger partial charge in [0.25, 0.3) is 11.8 Å². The zero-order chi connectivity index (χ0) is 18.1. The largest absolute Gasteiger partial charge is 0.573 e. The number of nitrogens with one attached hydrogen (secondary N) is 1. The highest BCUT2D eigenvalue weighted by Gasteiger charge is 2.33. The normalized spacial score (nSPS) is 14.9. The molecule has 0 aliphatic carbocycles. The van der Waals surface area contributed by atoms with Crippen molar-refractivity contribution in [2.24, 2.45) is 0 Å². The maximum Gasteiger partial charge on any atom is 0.573 e. The molecule has 0 spiro atoms. The standard InChI is InChI=1S/C13H9Cl2F3N2O4/c14-7-3-6(4-9(11(7)15)24-13(16,17)18)19-8-5-10(22)20(1-2-21)12(8)23/h3-5,19,21H,1-2H2. The third-order valence-electron chi connectivity index (χ3n) is 2.83. The number of anilines is 1. The van der Waals surface area contributed by atoms with E-state index >= 15 is 0 Å². The van der Waals surface area contributed by atoms with Gasteiger partial charge in [-0.15, -0.1) is 13.2 Å². The highest BCUT2D eigenvalue weighted by molar-refractivity contribution is 6.43. The summed E-state index contributed by atoms with van der Waals surface area (Å²) in [5.41, 5.74) is -0.230. The minimum absolute atomic E-state index is 0.0399. The monoisotopic (exact) mass is 384 g/mol. The van der Waals surface area contributed by atoms with Crippen molar-refractivity contribution in [3.8, 4) is 5.75 Å². The number of carbonyl (C=O) groups excluding carboxylic acids is 2. The summed E-state index contributed by atoms with van der Waals surface area (Å²) in [6.45, 7) is -0.627. The lowest BCUT2D eigenvalue weighted by atomic mass is 10.2. The second-order valence-electron chi connectivity index (χ2n) is 4.52. The van der Waals surface area contributed by atoms with E-state index in [4.69, 9.17) is 28.3 Å². The molecule has 130 valence electrons. The molecule has 0 saturated heterocycles. The smallest absolute Gasteiger partial charge is 0.404 e. The predicted octanol–water partition coefficient (Wildman–Crippen LogP) is 2.55. The summed E-state index contributed by atoms with van der Waals surface area (Å²) in [7, 11) is 0. The SMILES string of the molecule is O=C1C=C(Nc2cc(Cl)c(Cl)c(OC(F)(F)F)c2)C(=O)N1CCO. The molecule has 6 nitrogen and oxygen atoms in total. The first-order chi connectivity index (χ1) is 11.1. The summed E-state index contributed by atoms with van der Waals surface area (Å²) in [5.74, 6) is -2.16. The van der Waals surface area contributed by atoms with Crippen molar-refractivity contribution >= 4 is 40.7 Å². The average Bonchev–Trinajstić information content (AvgIpc) is 2.71. The van der Waals surface area contributed by atoms with Crippen LogP contribution in [0.4, 0.5) is 18.9 Å². The second-order valence-corrected chi connectivity index (χ2v) is 5.30. The first-order valence-corrected chi connectivity index (χ1v) is 7.08. The van der Waals surface area contributed by atoms with Crippen LogP contribution in [0.5, 0.6) is 5.75 Å². The van der Waals surface area contributed by atoms with Gasteiger partial charge >= 0.3 is 6.36 Å². The number of aliphatic hydroxyl groups excluding tert-OH is 1. The lowest BCUT2D eigenvalue weighted by Gasteiger charge is -2.15. The fourth-order valence-corrected chi connectivity index (χ4v) is 2.26. The molecule has 0 atom stereocenters. The number of rotatable bonds is 5. The van der Waals surface area contributed by atoms with E-state index in [1.165, 1.54) is 6.07 Å². The van der Waals surface area contributed by atoms with E-state index < -0.39 is 35.6 Å². The lowest BCUT2D eigenvalue weighted by molar-refractivity contribution is -0.274. The van der Waals surface area contributed by atoms with Gasteiger partial charge in [-0.1, -0.05) is 23.2 Å². The molecule has 1 aromatic rings. The van der Waals surface area contributed by atoms with Gasteiger partial charge in [-0.05, 0) is 6.07 Å². The quantitative estimate of drug-likeness (QED) is 0.762. The molecule has 1 heterocycles. The van der Waals surface area contributed by atoms with Crippen LogP contribution in [0.25, 0.3) is 0 Å². The molecule has 1 aliphatic rings. The molecule has 1 aromatic carbocycles. The van der Waals surface area contributed by atoms with Crippen molar-refractivity contribution in [3.05, 3.63) is 34.0 Å². The van der Waals surface area contributed by atoms with Crippen molar-refractivity contribution in [1.29, 1.82) is 0 Å². The van der Waals surface area contributed by atoms with Crippen molar-refractivity contribution < 1.29 is 32.6 Å². The van der Waals surface area contributed by atoms with Crippen LogP contribution in [0.15, 0.2) is 23.9 Å². The van der Waals surface area contributed by atoms with E-state index in [1.807, 2.05) is 0 Å². The molecule has 11 heteroatoms. The molecule has 1 aliphatic heterocycles. The van der Waals surface area contributed by atoms with Crippen LogP contribution in [0.2, 0.25) is 10.0 Å². The van der Waals surface area contributed by atoms with Gasteiger partial charge in [0.1, 0.15) is 10.7 Å². The zero-order valence-corrected chi connectivity index (χ0v) is 13.2. The van der Waals surface area contributed by atoms with Crippen LogP contribution in [0.1, 0.15) is 0 Å². The second kappa shape index (κ2) is 6.88. The fourth-order valence-electron chi connectivity index (χ4n) is 1.90. The van der Waals surface area contributed by atoms with Crippen LogP contribution in [-0.2, 0) is 9.59 Å². The molecule has 2 N–H and O–H groups in total. The number of β-amino-alcohol motifs (C(OH)–C–C–N with tert-alkyl or cyclic N) is 1. The molecule has 0 aromatic heterocycles. The summed E-state index contributed by atoms with van der Waals surface area (Å²) in [6.07, 6.45) is -4.03. The van der Waals surface area contributed by atoms with Gasteiger partial charge in [0.2, 0.25) is 0 Å². The van der Waals surface area contributed by atoms with E-state index in [-0.39, 0.29) is 23.0 Å². The summed E-state index contributed by atoms with van der Waals surface area (Å²) in [6, 6.07) is 2.05.